The number of nitrogens with zero attached hydrogens (tertiary/aromatic N) is 1. The summed E-state index contributed by atoms with van der Waals surface area (Å²) in [6, 6.07) is 6.89. The van der Waals surface area contributed by atoms with Crippen molar-refractivity contribution in [2.45, 2.75) is 19.5 Å². The van der Waals surface area contributed by atoms with Crippen molar-refractivity contribution in [2.75, 3.05) is 19.9 Å². The van der Waals surface area contributed by atoms with Gasteiger partial charge in [-0.15, -0.1) is 0 Å². The van der Waals surface area contributed by atoms with Gasteiger partial charge in [-0.2, -0.15) is 12.6 Å². The minimum absolute atomic E-state index is 0.180. The van der Waals surface area contributed by atoms with Gasteiger partial charge in [0.25, 0.3) is 0 Å². The van der Waals surface area contributed by atoms with Gasteiger partial charge in [0.1, 0.15) is 11.8 Å². The molecule has 0 bridgehead atoms. The molecule has 0 fully saturated rings. The fourth-order valence-corrected chi connectivity index (χ4v) is 2.11. The Morgan fingerprint density at radius 1 is 1.40 bits per heavy atom. The molecule has 0 spiro atoms. The van der Waals surface area contributed by atoms with E-state index in [0.717, 1.165) is 11.3 Å². The number of amides is 2. The van der Waals surface area contributed by atoms with Crippen molar-refractivity contribution in [3.8, 4) is 5.75 Å². The first kappa shape index (κ1) is 16.4. The lowest BCUT2D eigenvalue weighted by molar-refractivity contribution is -0.134. The van der Waals surface area contributed by atoms with Crippen LogP contribution in [-0.2, 0) is 16.1 Å². The monoisotopic (exact) mass is 296 g/mol. The Bertz CT molecular complexity index is 479. The number of carbonyl (C=O) groups excluding carboxylic acids is 2. The summed E-state index contributed by atoms with van der Waals surface area (Å²) in [5.41, 5.74) is 0.909. The summed E-state index contributed by atoms with van der Waals surface area (Å²) < 4.78 is 5.25. The first-order chi connectivity index (χ1) is 9.49. The van der Waals surface area contributed by atoms with Crippen molar-refractivity contribution in [3.63, 3.8) is 0 Å². The Hall–Kier alpha value is -1.69. The van der Waals surface area contributed by atoms with Gasteiger partial charge in [0.2, 0.25) is 11.8 Å². The maximum absolute atomic E-state index is 12.2. The van der Waals surface area contributed by atoms with E-state index >= 15 is 0 Å². The number of rotatable bonds is 6. The maximum Gasteiger partial charge on any atom is 0.246 e. The zero-order valence-electron chi connectivity index (χ0n) is 11.9. The molecule has 20 heavy (non-hydrogen) atoms. The quantitative estimate of drug-likeness (QED) is 0.773. The zero-order valence-corrected chi connectivity index (χ0v) is 12.8. The first-order valence-corrected chi connectivity index (χ1v) is 6.87. The van der Waals surface area contributed by atoms with Crippen molar-refractivity contribution < 1.29 is 14.3 Å². The second-order valence-electron chi connectivity index (χ2n) is 4.44. The number of thiol groups is 1. The van der Waals surface area contributed by atoms with E-state index in [2.05, 4.69) is 17.9 Å². The summed E-state index contributed by atoms with van der Waals surface area (Å²) in [6.45, 7) is 1.79. The lowest BCUT2D eigenvalue weighted by Gasteiger charge is -2.24. The van der Waals surface area contributed by atoms with Crippen LogP contribution in [0.4, 0.5) is 0 Å². The highest BCUT2D eigenvalue weighted by molar-refractivity contribution is 7.80. The van der Waals surface area contributed by atoms with Gasteiger partial charge in [0.15, 0.2) is 0 Å². The number of nitrogens with one attached hydrogen (secondary N) is 1. The topological polar surface area (TPSA) is 58.6 Å². The summed E-state index contributed by atoms with van der Waals surface area (Å²) >= 11 is 4.10. The fourth-order valence-electron chi connectivity index (χ4n) is 1.86. The van der Waals surface area contributed by atoms with E-state index in [0.29, 0.717) is 6.54 Å². The second-order valence-corrected chi connectivity index (χ2v) is 4.81. The predicted molar refractivity (Wildman–Crippen MR) is 80.9 cm³/mol. The van der Waals surface area contributed by atoms with Crippen LogP contribution in [0.15, 0.2) is 24.3 Å². The van der Waals surface area contributed by atoms with Crippen LogP contribution < -0.4 is 10.1 Å². The van der Waals surface area contributed by atoms with E-state index in [1.165, 1.54) is 6.92 Å². The number of hydrogen-bond acceptors (Lipinski definition) is 4. The molecule has 1 rings (SSSR count). The second kappa shape index (κ2) is 7.79. The normalized spacial score (nSPS) is 11.6. The van der Waals surface area contributed by atoms with E-state index in [1.807, 2.05) is 24.3 Å². The molecule has 0 heterocycles. The van der Waals surface area contributed by atoms with Gasteiger partial charge in [-0.25, -0.2) is 0 Å². The van der Waals surface area contributed by atoms with Gasteiger partial charge < -0.3 is 15.0 Å². The number of likely N-dealkylation sites (N-methyl/N-ethyl adjacent to an activating group) is 1. The van der Waals surface area contributed by atoms with E-state index in [4.69, 9.17) is 4.74 Å². The van der Waals surface area contributed by atoms with Crippen molar-refractivity contribution in [3.05, 3.63) is 29.8 Å². The number of benzene rings is 1. The molecular weight excluding hydrogens is 276 g/mol. The lowest BCUT2D eigenvalue weighted by atomic mass is 10.1. The van der Waals surface area contributed by atoms with Crippen molar-refractivity contribution >= 4 is 24.4 Å². The highest BCUT2D eigenvalue weighted by Gasteiger charge is 2.22. The van der Waals surface area contributed by atoms with Gasteiger partial charge in [-0.05, 0) is 6.07 Å². The van der Waals surface area contributed by atoms with E-state index in [-0.39, 0.29) is 17.6 Å². The molecule has 0 saturated heterocycles. The fraction of sp³-hybridized carbons (Fsp3) is 0.429. The molecular formula is C14H20N2O3S. The van der Waals surface area contributed by atoms with Crippen LogP contribution in [0.25, 0.3) is 0 Å². The molecule has 1 aromatic carbocycles. The number of ether oxygens (including phenoxy) is 1. The SMILES string of the molecule is COc1ccccc1CN(C)C(=O)C(CS)NC(C)=O. The van der Waals surface area contributed by atoms with Crippen LogP contribution >= 0.6 is 12.6 Å². The molecule has 5 nitrogen and oxygen atoms in total. The van der Waals surface area contributed by atoms with Crippen LogP contribution in [0.3, 0.4) is 0 Å². The third-order valence-electron chi connectivity index (χ3n) is 2.83. The highest BCUT2D eigenvalue weighted by Crippen LogP contribution is 2.19. The smallest absolute Gasteiger partial charge is 0.246 e. The van der Waals surface area contributed by atoms with E-state index in [1.54, 1.807) is 19.1 Å². The first-order valence-electron chi connectivity index (χ1n) is 6.24. The third kappa shape index (κ3) is 4.45. The van der Waals surface area contributed by atoms with Gasteiger partial charge >= 0.3 is 0 Å². The Morgan fingerprint density at radius 2 is 2.05 bits per heavy atom. The van der Waals surface area contributed by atoms with Crippen LogP contribution in [0, 0.1) is 0 Å². The molecule has 1 N–H and O–H groups in total. The molecule has 0 saturated carbocycles. The van der Waals surface area contributed by atoms with Gasteiger partial charge in [-0.3, -0.25) is 9.59 Å². The third-order valence-corrected chi connectivity index (χ3v) is 3.20. The van der Waals surface area contributed by atoms with Gasteiger partial charge in [0, 0.05) is 31.8 Å². The Labute approximate surface area is 124 Å². The average Bonchev–Trinajstić information content (AvgIpc) is 2.44. The molecule has 0 aromatic heterocycles. The molecule has 1 unspecified atom stereocenters. The van der Waals surface area contributed by atoms with Crippen LogP contribution in [0.1, 0.15) is 12.5 Å². The Kier molecular flexibility index (Phi) is 6.38. The Morgan fingerprint density at radius 3 is 2.60 bits per heavy atom. The largest absolute Gasteiger partial charge is 0.496 e. The minimum Gasteiger partial charge on any atom is -0.496 e. The van der Waals surface area contributed by atoms with Gasteiger partial charge in [-0.1, -0.05) is 18.2 Å². The van der Waals surface area contributed by atoms with Crippen LogP contribution in [0.2, 0.25) is 0 Å². The van der Waals surface area contributed by atoms with E-state index < -0.39 is 6.04 Å². The van der Waals surface area contributed by atoms with Crippen molar-refractivity contribution in [2.24, 2.45) is 0 Å². The predicted octanol–water partition coefficient (Wildman–Crippen LogP) is 1.09. The lowest BCUT2D eigenvalue weighted by Crippen LogP contribution is -2.47. The molecule has 0 aliphatic rings. The standard InChI is InChI=1S/C14H20N2O3S/c1-10(17)15-12(9-20)14(18)16(2)8-11-6-4-5-7-13(11)19-3/h4-7,12,20H,8-9H2,1-3H3,(H,15,17). The molecule has 1 atom stereocenters. The maximum atomic E-state index is 12.2. The minimum atomic E-state index is -0.615. The summed E-state index contributed by atoms with van der Waals surface area (Å²) in [5, 5.41) is 2.59. The molecule has 6 heteroatoms. The highest BCUT2D eigenvalue weighted by atomic mass is 32.1. The number of carbonyl (C=O) groups is 2. The number of para-hydroxylation sites is 1. The van der Waals surface area contributed by atoms with Crippen molar-refractivity contribution in [1.82, 2.24) is 10.2 Å². The summed E-state index contributed by atoms with van der Waals surface area (Å²) in [7, 11) is 3.28. The van der Waals surface area contributed by atoms with Gasteiger partial charge in [0.05, 0.1) is 7.11 Å². The van der Waals surface area contributed by atoms with Crippen molar-refractivity contribution in [1.29, 1.82) is 0 Å². The number of hydrogen-bond donors (Lipinski definition) is 2. The molecule has 0 radical (unpaired) electrons. The molecule has 0 aliphatic heterocycles. The molecule has 110 valence electrons. The average molecular weight is 296 g/mol. The molecule has 1 aromatic rings. The zero-order chi connectivity index (χ0) is 15.1. The van der Waals surface area contributed by atoms with Crippen LogP contribution in [-0.4, -0.2) is 42.7 Å². The summed E-state index contributed by atoms with van der Waals surface area (Å²) in [5.74, 6) is 0.563. The molecule has 0 aliphatic carbocycles. The number of methoxy groups -OCH3 is 1. The Balaban J connectivity index is 2.76. The van der Waals surface area contributed by atoms with E-state index in [9.17, 15) is 9.59 Å². The van der Waals surface area contributed by atoms with Crippen LogP contribution in [0.5, 0.6) is 5.75 Å². The summed E-state index contributed by atoms with van der Waals surface area (Å²) in [4.78, 5) is 24.8. The molecule has 2 amide bonds. The summed E-state index contributed by atoms with van der Waals surface area (Å²) in [6.07, 6.45) is 0.